The van der Waals surface area contributed by atoms with Crippen LogP contribution in [0.1, 0.15) is 60.4 Å². The van der Waals surface area contributed by atoms with Gasteiger partial charge in [-0.1, -0.05) is 141 Å². The van der Waals surface area contributed by atoms with Crippen LogP contribution in [0.5, 0.6) is 0 Å². The van der Waals surface area contributed by atoms with E-state index in [1.807, 2.05) is 72.8 Å². The number of carbonyl (C=O) groups is 1. The van der Waals surface area contributed by atoms with Crippen molar-refractivity contribution in [3.05, 3.63) is 144 Å². The molecule has 37 heavy (non-hydrogen) atoms. The number of carbonyl (C=O) groups excluding carboxylic acids is 1. The van der Waals surface area contributed by atoms with Crippen molar-refractivity contribution in [1.82, 2.24) is 5.32 Å². The molecular weight excluding hydrogens is 452 g/mol. The predicted octanol–water partition coefficient (Wildman–Crippen LogP) is 7.38. The van der Waals surface area contributed by atoms with Gasteiger partial charge in [0.05, 0.1) is 11.8 Å². The van der Waals surface area contributed by atoms with Gasteiger partial charge in [0.1, 0.15) is 6.04 Å². The number of rotatable bonds is 8. The second kappa shape index (κ2) is 12.3. The molecule has 5 rings (SSSR count). The van der Waals surface area contributed by atoms with Crippen LogP contribution in [0, 0.1) is 5.92 Å². The van der Waals surface area contributed by atoms with Crippen molar-refractivity contribution in [2.75, 3.05) is 0 Å². The normalized spacial score (nSPS) is 14.6. The Hall–Kier alpha value is -3.98. The van der Waals surface area contributed by atoms with E-state index in [0.29, 0.717) is 0 Å². The molecule has 1 aliphatic rings. The minimum atomic E-state index is -0.453. The molecule has 0 aromatic heterocycles. The third-order valence-electron chi connectivity index (χ3n) is 7.28. The van der Waals surface area contributed by atoms with E-state index in [0.717, 1.165) is 53.6 Å². The molecule has 1 amide bonds. The van der Waals surface area contributed by atoms with Gasteiger partial charge in [-0.05, 0) is 29.9 Å². The molecule has 0 aliphatic heterocycles. The summed E-state index contributed by atoms with van der Waals surface area (Å²) in [6.07, 6.45) is 5.59. The SMILES string of the molecule is O=C(NC(c1ccccc1)c1ccccc1)[C@H](N=C(c1ccccc1)c1ccccc1)C1CCCCC1. The molecule has 3 nitrogen and oxygen atoms in total. The first kappa shape index (κ1) is 24.7. The van der Waals surface area contributed by atoms with Gasteiger partial charge in [-0.3, -0.25) is 9.79 Å². The molecule has 186 valence electrons. The number of aliphatic imine (C=N–C) groups is 1. The molecule has 4 aromatic carbocycles. The van der Waals surface area contributed by atoms with E-state index in [4.69, 9.17) is 4.99 Å². The fourth-order valence-electron chi connectivity index (χ4n) is 5.35. The van der Waals surface area contributed by atoms with Crippen LogP contribution in [0.2, 0.25) is 0 Å². The van der Waals surface area contributed by atoms with Gasteiger partial charge >= 0.3 is 0 Å². The number of benzene rings is 4. The maximum atomic E-state index is 14.2. The number of hydrogen-bond acceptors (Lipinski definition) is 2. The number of amides is 1. The summed E-state index contributed by atoms with van der Waals surface area (Å²) in [6.45, 7) is 0. The molecule has 0 spiro atoms. The molecule has 0 saturated heterocycles. The zero-order valence-electron chi connectivity index (χ0n) is 21.2. The highest BCUT2D eigenvalue weighted by molar-refractivity contribution is 6.13. The van der Waals surface area contributed by atoms with Gasteiger partial charge in [-0.15, -0.1) is 0 Å². The summed E-state index contributed by atoms with van der Waals surface area (Å²) in [5.74, 6) is 0.220. The molecule has 1 fully saturated rings. The summed E-state index contributed by atoms with van der Waals surface area (Å²) in [5, 5.41) is 3.41. The lowest BCUT2D eigenvalue weighted by Crippen LogP contribution is -2.41. The Morgan fingerprint density at radius 1 is 0.622 bits per heavy atom. The van der Waals surface area contributed by atoms with Gasteiger partial charge < -0.3 is 5.32 Å². The van der Waals surface area contributed by atoms with Gasteiger partial charge in [-0.25, -0.2) is 0 Å². The minimum absolute atomic E-state index is 0.00558. The van der Waals surface area contributed by atoms with E-state index in [9.17, 15) is 4.79 Å². The van der Waals surface area contributed by atoms with Crippen molar-refractivity contribution in [2.24, 2.45) is 10.9 Å². The zero-order valence-corrected chi connectivity index (χ0v) is 21.2. The lowest BCUT2D eigenvalue weighted by Gasteiger charge is -2.30. The highest BCUT2D eigenvalue weighted by Crippen LogP contribution is 2.30. The summed E-state index contributed by atoms with van der Waals surface area (Å²) in [6, 6.07) is 40.2. The number of hydrogen-bond donors (Lipinski definition) is 1. The molecule has 1 N–H and O–H groups in total. The maximum Gasteiger partial charge on any atom is 0.245 e. The summed E-state index contributed by atoms with van der Waals surface area (Å²) >= 11 is 0. The molecule has 4 aromatic rings. The van der Waals surface area contributed by atoms with Crippen LogP contribution in [-0.4, -0.2) is 17.7 Å². The van der Waals surface area contributed by atoms with Crippen LogP contribution < -0.4 is 5.32 Å². The Morgan fingerprint density at radius 2 is 1.05 bits per heavy atom. The third kappa shape index (κ3) is 6.24. The Morgan fingerprint density at radius 3 is 1.51 bits per heavy atom. The zero-order chi connectivity index (χ0) is 25.3. The van der Waals surface area contributed by atoms with Crippen LogP contribution in [0.3, 0.4) is 0 Å². The number of nitrogens with one attached hydrogen (secondary N) is 1. The molecule has 0 radical (unpaired) electrons. The Bertz CT molecular complexity index is 1200. The van der Waals surface area contributed by atoms with Crippen LogP contribution in [0.4, 0.5) is 0 Å². The Balaban J connectivity index is 1.55. The average Bonchev–Trinajstić information content (AvgIpc) is 2.98. The summed E-state index contributed by atoms with van der Waals surface area (Å²) in [7, 11) is 0. The summed E-state index contributed by atoms with van der Waals surface area (Å²) in [5.41, 5.74) is 5.08. The maximum absolute atomic E-state index is 14.2. The highest BCUT2D eigenvalue weighted by atomic mass is 16.2. The van der Waals surface area contributed by atoms with Crippen molar-refractivity contribution in [2.45, 2.75) is 44.2 Å². The smallest absolute Gasteiger partial charge is 0.245 e. The van der Waals surface area contributed by atoms with Gasteiger partial charge in [0.25, 0.3) is 0 Å². The Kier molecular flexibility index (Phi) is 8.22. The average molecular weight is 487 g/mol. The summed E-state index contributed by atoms with van der Waals surface area (Å²) in [4.78, 5) is 19.5. The minimum Gasteiger partial charge on any atom is -0.343 e. The van der Waals surface area contributed by atoms with E-state index in [1.54, 1.807) is 0 Å². The highest BCUT2D eigenvalue weighted by Gasteiger charge is 2.32. The second-order valence-electron chi connectivity index (χ2n) is 9.82. The van der Waals surface area contributed by atoms with Crippen molar-refractivity contribution in [3.63, 3.8) is 0 Å². The van der Waals surface area contributed by atoms with Gasteiger partial charge in [0.15, 0.2) is 0 Å². The lowest BCUT2D eigenvalue weighted by molar-refractivity contribution is -0.124. The molecule has 0 unspecified atom stereocenters. The van der Waals surface area contributed by atoms with Crippen LogP contribution in [-0.2, 0) is 4.79 Å². The quantitative estimate of drug-likeness (QED) is 0.259. The van der Waals surface area contributed by atoms with Crippen molar-refractivity contribution in [3.8, 4) is 0 Å². The van der Waals surface area contributed by atoms with Crippen molar-refractivity contribution >= 4 is 11.6 Å². The monoisotopic (exact) mass is 486 g/mol. The van der Waals surface area contributed by atoms with Crippen LogP contribution in [0.25, 0.3) is 0 Å². The van der Waals surface area contributed by atoms with E-state index in [1.165, 1.54) is 6.42 Å². The topological polar surface area (TPSA) is 41.5 Å². The van der Waals surface area contributed by atoms with E-state index in [-0.39, 0.29) is 17.9 Å². The first-order valence-corrected chi connectivity index (χ1v) is 13.4. The van der Waals surface area contributed by atoms with E-state index >= 15 is 0 Å². The molecule has 1 aliphatic carbocycles. The Labute approximate surface area is 220 Å². The van der Waals surface area contributed by atoms with E-state index < -0.39 is 6.04 Å². The first-order valence-electron chi connectivity index (χ1n) is 13.4. The van der Waals surface area contributed by atoms with Gasteiger partial charge in [0, 0.05) is 11.1 Å². The molecule has 1 saturated carbocycles. The molecule has 0 bridgehead atoms. The molecule has 1 atom stereocenters. The fourth-order valence-corrected chi connectivity index (χ4v) is 5.35. The molecule has 0 heterocycles. The van der Waals surface area contributed by atoms with Gasteiger partial charge in [-0.2, -0.15) is 0 Å². The second-order valence-corrected chi connectivity index (χ2v) is 9.82. The molecule has 3 heteroatoms. The number of nitrogens with zero attached hydrogens (tertiary/aromatic N) is 1. The van der Waals surface area contributed by atoms with Crippen LogP contribution >= 0.6 is 0 Å². The molecular formula is C34H34N2O. The third-order valence-corrected chi connectivity index (χ3v) is 7.28. The largest absolute Gasteiger partial charge is 0.343 e. The predicted molar refractivity (Wildman–Crippen MR) is 152 cm³/mol. The van der Waals surface area contributed by atoms with Crippen LogP contribution in [0.15, 0.2) is 126 Å². The van der Waals surface area contributed by atoms with Gasteiger partial charge in [0.2, 0.25) is 5.91 Å². The first-order chi connectivity index (χ1) is 18.3. The fraction of sp³-hybridized carbons (Fsp3) is 0.235. The van der Waals surface area contributed by atoms with Crippen molar-refractivity contribution in [1.29, 1.82) is 0 Å². The summed E-state index contributed by atoms with van der Waals surface area (Å²) < 4.78 is 0. The van der Waals surface area contributed by atoms with E-state index in [2.05, 4.69) is 53.8 Å². The lowest BCUT2D eigenvalue weighted by atomic mass is 9.83. The standard InChI is InChI=1S/C34H34N2O/c37-34(36-32(28-20-10-3-11-21-28)29-22-12-4-13-23-29)33(30-24-14-5-15-25-30)35-31(26-16-6-1-7-17-26)27-18-8-2-9-19-27/h1-4,6-13,16-23,30,32-33H,5,14-15,24-25H2,(H,36,37)/t33-/m1/s1. The van der Waals surface area contributed by atoms with Crippen molar-refractivity contribution < 1.29 is 4.79 Å².